The molecule has 1 amide bonds. The Hall–Kier alpha value is -3.35. The standard InChI is InChI=1S/C20H22N4O3/c1-3-24-14-21-23-20(24)15-5-4-6-16(13-15)22-19(25)11-12-27-18-9-7-17(26-2)8-10-18/h4-10,13-14H,3,11-12H2,1-2H3,(H,22,25). The van der Waals surface area contributed by atoms with Gasteiger partial charge < -0.3 is 19.4 Å². The van der Waals surface area contributed by atoms with Gasteiger partial charge in [-0.3, -0.25) is 4.79 Å². The summed E-state index contributed by atoms with van der Waals surface area (Å²) in [6.45, 7) is 3.10. The third-order valence-corrected chi connectivity index (χ3v) is 4.02. The molecule has 0 aliphatic heterocycles. The first-order valence-corrected chi connectivity index (χ1v) is 8.74. The number of rotatable bonds is 8. The summed E-state index contributed by atoms with van der Waals surface area (Å²) in [7, 11) is 1.61. The zero-order chi connectivity index (χ0) is 19.1. The van der Waals surface area contributed by atoms with Crippen molar-refractivity contribution in [3.63, 3.8) is 0 Å². The molecular weight excluding hydrogens is 344 g/mol. The van der Waals surface area contributed by atoms with Crippen molar-refractivity contribution in [2.75, 3.05) is 19.0 Å². The van der Waals surface area contributed by atoms with E-state index in [1.54, 1.807) is 13.4 Å². The minimum Gasteiger partial charge on any atom is -0.497 e. The van der Waals surface area contributed by atoms with Gasteiger partial charge in [-0.25, -0.2) is 0 Å². The largest absolute Gasteiger partial charge is 0.497 e. The van der Waals surface area contributed by atoms with E-state index in [-0.39, 0.29) is 12.3 Å². The number of aromatic nitrogens is 3. The van der Waals surface area contributed by atoms with Gasteiger partial charge in [0.05, 0.1) is 20.1 Å². The van der Waals surface area contributed by atoms with Crippen LogP contribution in [0.3, 0.4) is 0 Å². The molecule has 1 aromatic heterocycles. The van der Waals surface area contributed by atoms with Gasteiger partial charge in [-0.05, 0) is 43.3 Å². The van der Waals surface area contributed by atoms with E-state index in [4.69, 9.17) is 9.47 Å². The lowest BCUT2D eigenvalue weighted by Crippen LogP contribution is -2.15. The summed E-state index contributed by atoms with van der Waals surface area (Å²) in [6.07, 6.45) is 1.94. The van der Waals surface area contributed by atoms with Crippen LogP contribution in [0, 0.1) is 0 Å². The van der Waals surface area contributed by atoms with Gasteiger partial charge in [-0.15, -0.1) is 10.2 Å². The third-order valence-electron chi connectivity index (χ3n) is 4.02. The fourth-order valence-electron chi connectivity index (χ4n) is 2.60. The molecule has 0 radical (unpaired) electrons. The monoisotopic (exact) mass is 366 g/mol. The van der Waals surface area contributed by atoms with Gasteiger partial charge in [0, 0.05) is 17.8 Å². The molecule has 0 unspecified atom stereocenters. The number of anilines is 1. The number of nitrogens with one attached hydrogen (secondary N) is 1. The van der Waals surface area contributed by atoms with Crippen molar-refractivity contribution in [2.45, 2.75) is 19.9 Å². The molecule has 1 N–H and O–H groups in total. The second-order valence-corrected chi connectivity index (χ2v) is 5.84. The van der Waals surface area contributed by atoms with Crippen molar-refractivity contribution in [1.29, 1.82) is 0 Å². The molecule has 0 bridgehead atoms. The lowest BCUT2D eigenvalue weighted by Gasteiger charge is -2.09. The Labute approximate surface area is 158 Å². The van der Waals surface area contributed by atoms with Crippen LogP contribution in [-0.4, -0.2) is 34.4 Å². The number of carbonyl (C=O) groups is 1. The molecule has 0 fully saturated rings. The number of nitrogens with zero attached hydrogens (tertiary/aromatic N) is 3. The topological polar surface area (TPSA) is 78.3 Å². The van der Waals surface area contributed by atoms with Crippen molar-refractivity contribution in [2.24, 2.45) is 0 Å². The van der Waals surface area contributed by atoms with Crippen LogP contribution in [-0.2, 0) is 11.3 Å². The van der Waals surface area contributed by atoms with E-state index >= 15 is 0 Å². The molecule has 27 heavy (non-hydrogen) atoms. The van der Waals surface area contributed by atoms with Gasteiger partial charge in [-0.2, -0.15) is 0 Å². The van der Waals surface area contributed by atoms with E-state index in [9.17, 15) is 4.79 Å². The van der Waals surface area contributed by atoms with E-state index in [1.807, 2.05) is 60.0 Å². The van der Waals surface area contributed by atoms with Crippen LogP contribution in [0.15, 0.2) is 54.9 Å². The summed E-state index contributed by atoms with van der Waals surface area (Å²) in [5.74, 6) is 2.12. The number of carbonyl (C=O) groups excluding carboxylic acids is 1. The molecule has 0 saturated heterocycles. The summed E-state index contributed by atoms with van der Waals surface area (Å²) in [5, 5.41) is 11.0. The van der Waals surface area contributed by atoms with E-state index in [0.717, 1.165) is 23.7 Å². The summed E-state index contributed by atoms with van der Waals surface area (Å²) < 4.78 is 12.6. The highest BCUT2D eigenvalue weighted by Crippen LogP contribution is 2.21. The molecule has 0 saturated carbocycles. The Balaban J connectivity index is 1.54. The molecule has 0 atom stereocenters. The Bertz CT molecular complexity index is 890. The lowest BCUT2D eigenvalue weighted by atomic mass is 10.2. The van der Waals surface area contributed by atoms with Crippen molar-refractivity contribution >= 4 is 11.6 Å². The molecule has 1 heterocycles. The highest BCUT2D eigenvalue weighted by Gasteiger charge is 2.08. The summed E-state index contributed by atoms with van der Waals surface area (Å²) in [4.78, 5) is 12.2. The Morgan fingerprint density at radius 2 is 1.93 bits per heavy atom. The van der Waals surface area contributed by atoms with Crippen LogP contribution in [0.5, 0.6) is 11.5 Å². The molecule has 3 aromatic rings. The predicted molar refractivity (Wildman–Crippen MR) is 103 cm³/mol. The van der Waals surface area contributed by atoms with Crippen molar-refractivity contribution in [3.05, 3.63) is 54.9 Å². The molecule has 7 heteroatoms. The number of hydrogen-bond donors (Lipinski definition) is 1. The number of ether oxygens (including phenoxy) is 2. The average Bonchev–Trinajstić information content (AvgIpc) is 3.17. The van der Waals surface area contributed by atoms with Crippen LogP contribution in [0.1, 0.15) is 13.3 Å². The average molecular weight is 366 g/mol. The lowest BCUT2D eigenvalue weighted by molar-refractivity contribution is -0.116. The van der Waals surface area contributed by atoms with Crippen LogP contribution in [0.25, 0.3) is 11.4 Å². The number of methoxy groups -OCH3 is 1. The van der Waals surface area contributed by atoms with E-state index in [0.29, 0.717) is 18.0 Å². The molecule has 0 aliphatic rings. The maximum atomic E-state index is 12.2. The molecule has 3 rings (SSSR count). The van der Waals surface area contributed by atoms with Gasteiger partial charge in [-0.1, -0.05) is 12.1 Å². The first kappa shape index (κ1) is 18.4. The first-order valence-electron chi connectivity index (χ1n) is 8.74. The van der Waals surface area contributed by atoms with E-state index in [2.05, 4.69) is 15.5 Å². The molecule has 0 spiro atoms. The first-order chi connectivity index (χ1) is 13.2. The molecular formula is C20H22N4O3. The van der Waals surface area contributed by atoms with Crippen LogP contribution >= 0.6 is 0 Å². The highest BCUT2D eigenvalue weighted by atomic mass is 16.5. The van der Waals surface area contributed by atoms with Crippen molar-refractivity contribution in [3.8, 4) is 22.9 Å². The smallest absolute Gasteiger partial charge is 0.227 e. The maximum Gasteiger partial charge on any atom is 0.227 e. The summed E-state index contributed by atoms with van der Waals surface area (Å²) in [6, 6.07) is 14.8. The molecule has 0 aliphatic carbocycles. The van der Waals surface area contributed by atoms with Crippen LogP contribution in [0.4, 0.5) is 5.69 Å². The number of hydrogen-bond acceptors (Lipinski definition) is 5. The second kappa shape index (κ2) is 8.84. The van der Waals surface area contributed by atoms with Gasteiger partial charge in [0.25, 0.3) is 0 Å². The Morgan fingerprint density at radius 1 is 1.15 bits per heavy atom. The zero-order valence-electron chi connectivity index (χ0n) is 15.4. The Kier molecular flexibility index (Phi) is 6.04. The minimum absolute atomic E-state index is 0.113. The number of benzene rings is 2. The minimum atomic E-state index is -0.113. The van der Waals surface area contributed by atoms with E-state index in [1.165, 1.54) is 0 Å². The second-order valence-electron chi connectivity index (χ2n) is 5.84. The van der Waals surface area contributed by atoms with Crippen molar-refractivity contribution < 1.29 is 14.3 Å². The highest BCUT2D eigenvalue weighted by molar-refractivity contribution is 5.91. The van der Waals surface area contributed by atoms with E-state index < -0.39 is 0 Å². The normalized spacial score (nSPS) is 10.4. The van der Waals surface area contributed by atoms with Gasteiger partial charge >= 0.3 is 0 Å². The fourth-order valence-corrected chi connectivity index (χ4v) is 2.60. The summed E-state index contributed by atoms with van der Waals surface area (Å²) >= 11 is 0. The Morgan fingerprint density at radius 3 is 2.67 bits per heavy atom. The van der Waals surface area contributed by atoms with Crippen LogP contribution < -0.4 is 14.8 Å². The van der Waals surface area contributed by atoms with Gasteiger partial charge in [0.1, 0.15) is 17.8 Å². The number of amides is 1. The van der Waals surface area contributed by atoms with Crippen molar-refractivity contribution in [1.82, 2.24) is 14.8 Å². The van der Waals surface area contributed by atoms with Crippen LogP contribution in [0.2, 0.25) is 0 Å². The summed E-state index contributed by atoms with van der Waals surface area (Å²) in [5.41, 5.74) is 1.62. The zero-order valence-corrected chi connectivity index (χ0v) is 15.4. The fraction of sp³-hybridized carbons (Fsp3) is 0.250. The third kappa shape index (κ3) is 4.84. The maximum absolute atomic E-state index is 12.2. The quantitative estimate of drug-likeness (QED) is 0.661. The van der Waals surface area contributed by atoms with Gasteiger partial charge in [0.2, 0.25) is 5.91 Å². The molecule has 2 aromatic carbocycles. The van der Waals surface area contributed by atoms with Gasteiger partial charge in [0.15, 0.2) is 5.82 Å². The number of aryl methyl sites for hydroxylation is 1. The predicted octanol–water partition coefficient (Wildman–Crippen LogP) is 3.38. The molecule has 7 nitrogen and oxygen atoms in total. The SMILES string of the molecule is CCn1cnnc1-c1cccc(NC(=O)CCOc2ccc(OC)cc2)c1. The molecule has 140 valence electrons.